The van der Waals surface area contributed by atoms with Crippen molar-refractivity contribution in [3.05, 3.63) is 0 Å². The Bertz CT molecular complexity index is 181. The maximum absolute atomic E-state index is 3.76. The van der Waals surface area contributed by atoms with Gasteiger partial charge in [-0.3, -0.25) is 0 Å². The normalized spacial score (nSPS) is 37.1. The van der Waals surface area contributed by atoms with Gasteiger partial charge in [0.1, 0.15) is 0 Å². The molecule has 2 aliphatic rings. The van der Waals surface area contributed by atoms with Crippen LogP contribution in [0, 0.1) is 17.8 Å². The van der Waals surface area contributed by atoms with Crippen LogP contribution in [0.1, 0.15) is 33.1 Å². The van der Waals surface area contributed by atoms with Crippen molar-refractivity contribution >= 4 is 15.9 Å². The number of hydrogen-bond acceptors (Lipinski definition) is 1. The molecule has 0 aromatic carbocycles. The van der Waals surface area contributed by atoms with E-state index in [0.717, 1.165) is 22.6 Å². The first-order valence-electron chi connectivity index (χ1n) is 6.03. The lowest BCUT2D eigenvalue weighted by Gasteiger charge is -2.33. The Morgan fingerprint density at radius 2 is 2.07 bits per heavy atom. The zero-order chi connectivity index (χ0) is 10.1. The number of alkyl halides is 1. The molecule has 82 valence electrons. The Balaban J connectivity index is 1.74. The van der Waals surface area contributed by atoms with E-state index in [-0.39, 0.29) is 0 Å². The maximum atomic E-state index is 3.76. The Kier molecular flexibility index (Phi) is 3.54. The summed E-state index contributed by atoms with van der Waals surface area (Å²) >= 11 is 3.76. The molecule has 1 saturated heterocycles. The second kappa shape index (κ2) is 4.52. The van der Waals surface area contributed by atoms with Crippen molar-refractivity contribution in [2.45, 2.75) is 37.9 Å². The minimum absolute atomic E-state index is 0.732. The first-order valence-corrected chi connectivity index (χ1v) is 6.95. The van der Waals surface area contributed by atoms with E-state index < -0.39 is 0 Å². The molecule has 1 aliphatic heterocycles. The van der Waals surface area contributed by atoms with Gasteiger partial charge in [-0.25, -0.2) is 0 Å². The lowest BCUT2D eigenvalue weighted by Crippen LogP contribution is -2.32. The minimum atomic E-state index is 0.732. The van der Waals surface area contributed by atoms with Crippen molar-refractivity contribution in [2.75, 3.05) is 19.6 Å². The molecule has 0 radical (unpaired) electrons. The Morgan fingerprint density at radius 1 is 1.36 bits per heavy atom. The minimum Gasteiger partial charge on any atom is -0.302 e. The summed E-state index contributed by atoms with van der Waals surface area (Å²) < 4.78 is 0. The smallest absolute Gasteiger partial charge is 0.0310 e. The van der Waals surface area contributed by atoms with E-state index in [1.807, 2.05) is 0 Å². The van der Waals surface area contributed by atoms with Crippen LogP contribution in [0.15, 0.2) is 0 Å². The van der Waals surface area contributed by atoms with Gasteiger partial charge >= 0.3 is 0 Å². The monoisotopic (exact) mass is 259 g/mol. The number of rotatable bonds is 3. The molecule has 0 bridgehead atoms. The Morgan fingerprint density at radius 3 is 2.50 bits per heavy atom. The van der Waals surface area contributed by atoms with Crippen LogP contribution in [0.2, 0.25) is 0 Å². The van der Waals surface area contributed by atoms with E-state index in [2.05, 4.69) is 34.7 Å². The van der Waals surface area contributed by atoms with Crippen molar-refractivity contribution < 1.29 is 0 Å². The zero-order valence-corrected chi connectivity index (χ0v) is 11.0. The fraction of sp³-hybridized carbons (Fsp3) is 1.00. The van der Waals surface area contributed by atoms with Gasteiger partial charge in [0.05, 0.1) is 0 Å². The summed E-state index contributed by atoms with van der Waals surface area (Å²) in [5, 5.41) is 0. The van der Waals surface area contributed by atoms with Gasteiger partial charge in [-0.15, -0.1) is 0 Å². The quantitative estimate of drug-likeness (QED) is 0.705. The number of nitrogens with zero attached hydrogens (tertiary/aromatic N) is 1. The molecule has 3 atom stereocenters. The second-order valence-electron chi connectivity index (χ2n) is 5.38. The van der Waals surface area contributed by atoms with E-state index in [1.54, 1.807) is 0 Å². The van der Waals surface area contributed by atoms with E-state index in [4.69, 9.17) is 0 Å². The third kappa shape index (κ3) is 2.33. The van der Waals surface area contributed by atoms with Crippen LogP contribution in [0.3, 0.4) is 0 Å². The van der Waals surface area contributed by atoms with E-state index >= 15 is 0 Å². The first kappa shape index (κ1) is 10.9. The van der Waals surface area contributed by atoms with Crippen molar-refractivity contribution in [3.8, 4) is 0 Å². The summed E-state index contributed by atoms with van der Waals surface area (Å²) in [6, 6.07) is 0. The highest BCUT2D eigenvalue weighted by Crippen LogP contribution is 2.34. The van der Waals surface area contributed by atoms with Crippen LogP contribution < -0.4 is 0 Å². The molecule has 2 heteroatoms. The van der Waals surface area contributed by atoms with Gasteiger partial charge in [0.2, 0.25) is 0 Å². The molecule has 0 N–H and O–H groups in total. The van der Waals surface area contributed by atoms with Gasteiger partial charge < -0.3 is 4.90 Å². The molecule has 1 nitrogen and oxygen atoms in total. The summed E-state index contributed by atoms with van der Waals surface area (Å²) in [5.41, 5.74) is 0. The number of hydrogen-bond donors (Lipinski definition) is 0. The van der Waals surface area contributed by atoms with E-state index in [1.165, 1.54) is 38.9 Å². The highest BCUT2D eigenvalue weighted by molar-refractivity contribution is 9.09. The van der Waals surface area contributed by atoms with Crippen molar-refractivity contribution in [1.29, 1.82) is 0 Å². The molecule has 2 fully saturated rings. The molecular formula is C12H22BrN. The second-order valence-corrected chi connectivity index (χ2v) is 6.56. The average Bonchev–Trinajstić information content (AvgIpc) is 2.26. The molecule has 14 heavy (non-hydrogen) atoms. The maximum Gasteiger partial charge on any atom is 0.0310 e. The zero-order valence-electron chi connectivity index (χ0n) is 9.38. The fourth-order valence-corrected chi connectivity index (χ4v) is 3.31. The van der Waals surface area contributed by atoms with Gasteiger partial charge in [-0.2, -0.15) is 0 Å². The van der Waals surface area contributed by atoms with Crippen molar-refractivity contribution in [3.63, 3.8) is 0 Å². The lowest BCUT2D eigenvalue weighted by molar-refractivity contribution is 0.165. The van der Waals surface area contributed by atoms with Crippen LogP contribution in [0.5, 0.6) is 0 Å². The van der Waals surface area contributed by atoms with Gasteiger partial charge in [-0.1, -0.05) is 49.0 Å². The van der Waals surface area contributed by atoms with Crippen LogP contribution in [0.4, 0.5) is 0 Å². The van der Waals surface area contributed by atoms with Gasteiger partial charge in [0, 0.05) is 24.5 Å². The van der Waals surface area contributed by atoms with Crippen molar-refractivity contribution in [2.24, 2.45) is 17.8 Å². The molecule has 3 unspecified atom stereocenters. The lowest BCUT2D eigenvalue weighted by atomic mass is 9.76. The SMILES string of the molecule is CC1CN(CC(C)C2CCC2)CC1Br. The van der Waals surface area contributed by atoms with Crippen LogP contribution in [-0.2, 0) is 0 Å². The van der Waals surface area contributed by atoms with Gasteiger partial charge in [0.15, 0.2) is 0 Å². The van der Waals surface area contributed by atoms with Crippen LogP contribution in [-0.4, -0.2) is 29.4 Å². The number of halogens is 1. The standard InChI is InChI=1S/C12H22BrN/c1-9(11-4-3-5-11)6-14-7-10(2)12(13)8-14/h9-12H,3-8H2,1-2H3. The third-order valence-corrected chi connectivity index (χ3v) is 5.29. The van der Waals surface area contributed by atoms with E-state index in [9.17, 15) is 0 Å². The van der Waals surface area contributed by atoms with Gasteiger partial charge in [-0.05, 0) is 17.8 Å². The largest absolute Gasteiger partial charge is 0.302 e. The molecule has 0 aromatic heterocycles. The average molecular weight is 260 g/mol. The molecule has 0 aromatic rings. The fourth-order valence-electron chi connectivity index (χ4n) is 2.74. The topological polar surface area (TPSA) is 3.24 Å². The van der Waals surface area contributed by atoms with Crippen LogP contribution >= 0.6 is 15.9 Å². The predicted molar refractivity (Wildman–Crippen MR) is 64.8 cm³/mol. The third-order valence-electron chi connectivity index (χ3n) is 4.10. The van der Waals surface area contributed by atoms with E-state index in [0.29, 0.717) is 0 Å². The van der Waals surface area contributed by atoms with Crippen LogP contribution in [0.25, 0.3) is 0 Å². The molecular weight excluding hydrogens is 238 g/mol. The summed E-state index contributed by atoms with van der Waals surface area (Å²) in [6.07, 6.45) is 4.46. The Labute approximate surface area is 96.4 Å². The molecule has 0 spiro atoms. The van der Waals surface area contributed by atoms with Gasteiger partial charge in [0.25, 0.3) is 0 Å². The molecule has 1 heterocycles. The molecule has 2 rings (SSSR count). The summed E-state index contributed by atoms with van der Waals surface area (Å²) in [5.74, 6) is 2.80. The number of likely N-dealkylation sites (tertiary alicyclic amines) is 1. The highest BCUT2D eigenvalue weighted by Gasteiger charge is 2.31. The first-order chi connectivity index (χ1) is 6.66. The molecule has 0 amide bonds. The molecule has 1 saturated carbocycles. The predicted octanol–water partition coefficient (Wildman–Crippen LogP) is 3.14. The highest BCUT2D eigenvalue weighted by atomic mass is 79.9. The Hall–Kier alpha value is 0.440. The summed E-state index contributed by atoms with van der Waals surface area (Å²) in [6.45, 7) is 8.69. The summed E-state index contributed by atoms with van der Waals surface area (Å²) in [4.78, 5) is 3.38. The summed E-state index contributed by atoms with van der Waals surface area (Å²) in [7, 11) is 0. The van der Waals surface area contributed by atoms with Crippen molar-refractivity contribution in [1.82, 2.24) is 4.90 Å². The molecule has 1 aliphatic carbocycles.